The van der Waals surface area contributed by atoms with Gasteiger partial charge in [0.15, 0.2) is 0 Å². The molecule has 7 nitrogen and oxygen atoms in total. The second-order valence-electron chi connectivity index (χ2n) is 6.73. The third kappa shape index (κ3) is 2.81. The van der Waals surface area contributed by atoms with Crippen molar-refractivity contribution in [3.8, 4) is 0 Å². The second kappa shape index (κ2) is 6.42. The van der Waals surface area contributed by atoms with E-state index in [1.807, 2.05) is 0 Å². The quantitative estimate of drug-likeness (QED) is 0.626. The standard InChI is InChI=1S/C20H19N3O4/c1-21-19(25)17-12-5-3-2-4-11(12)16(22-17)9-14-13-8-10(20(26)27)6-7-15(13)23-18(14)24/h6-9,22H,2-5H2,1H3,(H,21,25)(H,23,24)(H,26,27). The number of carbonyl (C=O) groups excluding carboxylic acids is 2. The van der Waals surface area contributed by atoms with Crippen LogP contribution in [0.3, 0.4) is 0 Å². The summed E-state index contributed by atoms with van der Waals surface area (Å²) in [5, 5.41) is 14.6. The smallest absolute Gasteiger partial charge is 0.335 e. The van der Waals surface area contributed by atoms with Gasteiger partial charge in [-0.1, -0.05) is 0 Å². The van der Waals surface area contributed by atoms with E-state index in [-0.39, 0.29) is 17.4 Å². The van der Waals surface area contributed by atoms with Gasteiger partial charge in [-0.2, -0.15) is 0 Å². The summed E-state index contributed by atoms with van der Waals surface area (Å²) in [5.74, 6) is -1.51. The zero-order valence-corrected chi connectivity index (χ0v) is 14.8. The van der Waals surface area contributed by atoms with Crippen molar-refractivity contribution >= 4 is 35.1 Å². The highest BCUT2D eigenvalue weighted by molar-refractivity contribution is 6.35. The van der Waals surface area contributed by atoms with Crippen molar-refractivity contribution in [3.63, 3.8) is 0 Å². The van der Waals surface area contributed by atoms with Crippen LogP contribution < -0.4 is 10.6 Å². The van der Waals surface area contributed by atoms with E-state index in [2.05, 4.69) is 15.6 Å². The maximum Gasteiger partial charge on any atom is 0.335 e. The SMILES string of the molecule is CNC(=O)c1[nH]c(C=C2C(=O)Nc3ccc(C(=O)O)cc32)c2c1CCCC2. The number of amides is 2. The number of aromatic nitrogens is 1. The van der Waals surface area contributed by atoms with E-state index in [0.717, 1.165) is 42.5 Å². The Bertz CT molecular complexity index is 1020. The molecule has 0 atom stereocenters. The summed E-state index contributed by atoms with van der Waals surface area (Å²) < 4.78 is 0. The Morgan fingerprint density at radius 3 is 2.63 bits per heavy atom. The van der Waals surface area contributed by atoms with Crippen molar-refractivity contribution in [2.75, 3.05) is 12.4 Å². The van der Waals surface area contributed by atoms with E-state index >= 15 is 0 Å². The Labute approximate surface area is 155 Å². The number of carbonyl (C=O) groups is 3. The minimum absolute atomic E-state index is 0.121. The predicted molar refractivity (Wildman–Crippen MR) is 101 cm³/mol. The average molecular weight is 365 g/mol. The van der Waals surface area contributed by atoms with Gasteiger partial charge in [0.25, 0.3) is 11.8 Å². The Morgan fingerprint density at radius 2 is 1.93 bits per heavy atom. The first kappa shape index (κ1) is 17.1. The van der Waals surface area contributed by atoms with Crippen molar-refractivity contribution in [1.82, 2.24) is 10.3 Å². The van der Waals surface area contributed by atoms with Crippen LogP contribution in [0.2, 0.25) is 0 Å². The first-order valence-electron chi connectivity index (χ1n) is 8.86. The van der Waals surface area contributed by atoms with Gasteiger partial charge in [-0.05, 0) is 61.1 Å². The van der Waals surface area contributed by atoms with Gasteiger partial charge in [-0.15, -0.1) is 0 Å². The van der Waals surface area contributed by atoms with Crippen molar-refractivity contribution in [2.45, 2.75) is 25.7 Å². The molecule has 138 valence electrons. The highest BCUT2D eigenvalue weighted by Gasteiger charge is 2.28. The maximum atomic E-state index is 12.5. The lowest BCUT2D eigenvalue weighted by Crippen LogP contribution is -2.20. The van der Waals surface area contributed by atoms with Crippen molar-refractivity contribution in [3.05, 3.63) is 51.8 Å². The molecule has 27 heavy (non-hydrogen) atoms. The molecule has 0 saturated carbocycles. The zero-order chi connectivity index (χ0) is 19.1. The maximum absolute atomic E-state index is 12.5. The number of fused-ring (bicyclic) bond motifs is 2. The van der Waals surface area contributed by atoms with E-state index < -0.39 is 5.97 Å². The van der Waals surface area contributed by atoms with Gasteiger partial charge in [0.05, 0.1) is 11.1 Å². The van der Waals surface area contributed by atoms with Gasteiger partial charge < -0.3 is 20.7 Å². The van der Waals surface area contributed by atoms with Gasteiger partial charge in [-0.3, -0.25) is 9.59 Å². The largest absolute Gasteiger partial charge is 0.478 e. The zero-order valence-electron chi connectivity index (χ0n) is 14.8. The molecule has 2 amide bonds. The Hall–Kier alpha value is -3.35. The Balaban J connectivity index is 1.85. The molecule has 2 aromatic rings. The number of benzene rings is 1. The molecule has 2 heterocycles. The molecule has 2 aliphatic rings. The summed E-state index contributed by atoms with van der Waals surface area (Å²) in [6.45, 7) is 0. The molecule has 1 aromatic heterocycles. The molecule has 1 aliphatic carbocycles. The number of carboxylic acid groups (broad SMARTS) is 1. The van der Waals surface area contributed by atoms with Crippen molar-refractivity contribution in [2.24, 2.45) is 0 Å². The first-order valence-corrected chi connectivity index (χ1v) is 8.86. The molecular weight excluding hydrogens is 346 g/mol. The van der Waals surface area contributed by atoms with Crippen molar-refractivity contribution in [1.29, 1.82) is 0 Å². The molecule has 1 aliphatic heterocycles. The number of hydrogen-bond acceptors (Lipinski definition) is 3. The lowest BCUT2D eigenvalue weighted by atomic mass is 9.91. The molecule has 7 heteroatoms. The highest BCUT2D eigenvalue weighted by Crippen LogP contribution is 2.36. The fraction of sp³-hybridized carbons (Fsp3) is 0.250. The van der Waals surface area contributed by atoms with Gasteiger partial charge in [-0.25, -0.2) is 4.79 Å². The van der Waals surface area contributed by atoms with Gasteiger partial charge in [0.2, 0.25) is 0 Å². The lowest BCUT2D eigenvalue weighted by Gasteiger charge is -2.13. The van der Waals surface area contributed by atoms with Crippen LogP contribution in [-0.4, -0.2) is 34.9 Å². The van der Waals surface area contributed by atoms with E-state index in [1.165, 1.54) is 12.1 Å². The van der Waals surface area contributed by atoms with E-state index in [0.29, 0.717) is 22.5 Å². The number of anilines is 1. The minimum Gasteiger partial charge on any atom is -0.478 e. The number of hydrogen-bond donors (Lipinski definition) is 4. The molecule has 0 spiro atoms. The summed E-state index contributed by atoms with van der Waals surface area (Å²) in [7, 11) is 1.59. The summed E-state index contributed by atoms with van der Waals surface area (Å²) in [6.07, 6.45) is 5.44. The van der Waals surface area contributed by atoms with Crippen LogP contribution in [-0.2, 0) is 17.6 Å². The number of nitrogens with one attached hydrogen (secondary N) is 3. The van der Waals surface area contributed by atoms with Crippen LogP contribution in [0, 0.1) is 0 Å². The molecule has 0 saturated heterocycles. The molecule has 0 fully saturated rings. The van der Waals surface area contributed by atoms with Crippen LogP contribution in [0.25, 0.3) is 11.6 Å². The second-order valence-corrected chi connectivity index (χ2v) is 6.73. The van der Waals surface area contributed by atoms with Gasteiger partial charge in [0.1, 0.15) is 5.69 Å². The molecule has 1 aromatic carbocycles. The van der Waals surface area contributed by atoms with E-state index in [9.17, 15) is 19.5 Å². The number of H-pyrrole nitrogens is 1. The number of aromatic amines is 1. The van der Waals surface area contributed by atoms with E-state index in [4.69, 9.17) is 0 Å². The van der Waals surface area contributed by atoms with Crippen LogP contribution in [0.5, 0.6) is 0 Å². The van der Waals surface area contributed by atoms with Crippen LogP contribution in [0.4, 0.5) is 5.69 Å². The van der Waals surface area contributed by atoms with Gasteiger partial charge in [0, 0.05) is 24.0 Å². The molecular formula is C20H19N3O4. The fourth-order valence-electron chi connectivity index (χ4n) is 3.81. The normalized spacial score (nSPS) is 16.6. The third-order valence-electron chi connectivity index (χ3n) is 5.15. The summed E-state index contributed by atoms with van der Waals surface area (Å²) in [6, 6.07) is 4.55. The molecule has 0 unspecified atom stereocenters. The van der Waals surface area contributed by atoms with Gasteiger partial charge >= 0.3 is 5.97 Å². The molecule has 4 rings (SSSR count). The Kier molecular flexibility index (Phi) is 4.07. The number of rotatable bonds is 3. The van der Waals surface area contributed by atoms with Crippen LogP contribution in [0.1, 0.15) is 56.1 Å². The number of aromatic carboxylic acids is 1. The summed E-state index contributed by atoms with van der Waals surface area (Å²) >= 11 is 0. The monoisotopic (exact) mass is 365 g/mol. The fourth-order valence-corrected chi connectivity index (χ4v) is 3.81. The Morgan fingerprint density at radius 1 is 1.19 bits per heavy atom. The molecule has 0 bridgehead atoms. The van der Waals surface area contributed by atoms with Crippen LogP contribution in [0.15, 0.2) is 18.2 Å². The lowest BCUT2D eigenvalue weighted by molar-refractivity contribution is -0.110. The number of carboxylic acids is 1. The first-order chi connectivity index (χ1) is 13.0. The van der Waals surface area contributed by atoms with Crippen LogP contribution >= 0.6 is 0 Å². The molecule has 0 radical (unpaired) electrons. The summed E-state index contributed by atoms with van der Waals surface area (Å²) in [4.78, 5) is 39.1. The average Bonchev–Trinajstić information content (AvgIpc) is 3.19. The highest BCUT2D eigenvalue weighted by atomic mass is 16.4. The topological polar surface area (TPSA) is 111 Å². The van der Waals surface area contributed by atoms with Crippen molar-refractivity contribution < 1.29 is 19.5 Å². The summed E-state index contributed by atoms with van der Waals surface area (Å²) in [5.41, 5.74) is 5.00. The molecule has 4 N–H and O–H groups in total. The third-order valence-corrected chi connectivity index (χ3v) is 5.15. The predicted octanol–water partition coefficient (Wildman–Crippen LogP) is 2.44. The van der Waals surface area contributed by atoms with E-state index in [1.54, 1.807) is 19.2 Å². The minimum atomic E-state index is -1.05.